The molecule has 0 spiro atoms. The minimum atomic E-state index is -0.686. The topological polar surface area (TPSA) is 62.2 Å². The number of allylic oxidation sites excluding steroid dienone is 3. The molecule has 1 aliphatic carbocycles. The number of ketones is 1. The summed E-state index contributed by atoms with van der Waals surface area (Å²) in [6.07, 6.45) is 6.92. The van der Waals surface area contributed by atoms with Crippen molar-refractivity contribution in [1.29, 1.82) is 0 Å². The van der Waals surface area contributed by atoms with E-state index in [1.54, 1.807) is 23.3 Å². The maximum Gasteiger partial charge on any atom is 0.341 e. The SMILES string of the molecule is O=C1C=CC(OC2CN(C(=O)N3N=CCC3c3cc(F)cc(F)c3)C2)=CC1. The number of rotatable bonds is 3. The predicted molar refractivity (Wildman–Crippen MR) is 92.7 cm³/mol. The van der Waals surface area contributed by atoms with Gasteiger partial charge in [0.1, 0.15) is 23.5 Å². The fourth-order valence-electron chi connectivity index (χ4n) is 3.25. The Kier molecular flexibility index (Phi) is 4.47. The van der Waals surface area contributed by atoms with Gasteiger partial charge in [0.25, 0.3) is 0 Å². The van der Waals surface area contributed by atoms with Gasteiger partial charge in [0.05, 0.1) is 19.1 Å². The lowest BCUT2D eigenvalue weighted by Gasteiger charge is -2.41. The molecule has 0 N–H and O–H groups in total. The van der Waals surface area contributed by atoms with Gasteiger partial charge in [-0.2, -0.15) is 5.10 Å². The fourth-order valence-corrected chi connectivity index (χ4v) is 3.25. The average molecular weight is 373 g/mol. The van der Waals surface area contributed by atoms with Gasteiger partial charge in [-0.15, -0.1) is 0 Å². The third kappa shape index (κ3) is 3.60. The lowest BCUT2D eigenvalue weighted by Crippen LogP contribution is -2.57. The van der Waals surface area contributed by atoms with E-state index in [9.17, 15) is 18.4 Å². The Balaban J connectivity index is 1.36. The number of likely N-dealkylation sites (tertiary alicyclic amines) is 1. The molecule has 1 unspecified atom stereocenters. The minimum absolute atomic E-state index is 0.0273. The van der Waals surface area contributed by atoms with Crippen molar-refractivity contribution in [3.8, 4) is 0 Å². The molecule has 3 aliphatic rings. The highest BCUT2D eigenvalue weighted by molar-refractivity contribution is 5.92. The lowest BCUT2D eigenvalue weighted by molar-refractivity contribution is -0.114. The molecule has 1 aromatic rings. The zero-order valence-electron chi connectivity index (χ0n) is 14.3. The largest absolute Gasteiger partial charge is 0.487 e. The first-order valence-corrected chi connectivity index (χ1v) is 8.64. The van der Waals surface area contributed by atoms with Crippen molar-refractivity contribution in [2.75, 3.05) is 13.1 Å². The predicted octanol–water partition coefficient (Wildman–Crippen LogP) is 2.93. The van der Waals surface area contributed by atoms with Crippen LogP contribution in [-0.4, -0.2) is 47.1 Å². The summed E-state index contributed by atoms with van der Waals surface area (Å²) >= 11 is 0. The van der Waals surface area contributed by atoms with E-state index in [0.29, 0.717) is 37.3 Å². The van der Waals surface area contributed by atoms with Crippen molar-refractivity contribution < 1.29 is 23.1 Å². The van der Waals surface area contributed by atoms with E-state index in [-0.39, 0.29) is 17.9 Å². The third-order valence-electron chi connectivity index (χ3n) is 4.65. The average Bonchev–Trinajstić information content (AvgIpc) is 3.08. The highest BCUT2D eigenvalue weighted by Gasteiger charge is 2.39. The quantitative estimate of drug-likeness (QED) is 0.818. The van der Waals surface area contributed by atoms with E-state index < -0.39 is 17.7 Å². The molecule has 1 aromatic carbocycles. The Hall–Kier alpha value is -3.03. The molecule has 4 rings (SSSR count). The minimum Gasteiger partial charge on any atom is -0.487 e. The number of halogens is 2. The summed E-state index contributed by atoms with van der Waals surface area (Å²) in [6.45, 7) is 0.766. The number of hydrogen-bond donors (Lipinski definition) is 0. The molecule has 27 heavy (non-hydrogen) atoms. The smallest absolute Gasteiger partial charge is 0.341 e. The monoisotopic (exact) mass is 373 g/mol. The number of carbonyl (C=O) groups is 2. The van der Waals surface area contributed by atoms with Crippen LogP contribution in [0.5, 0.6) is 0 Å². The second-order valence-corrected chi connectivity index (χ2v) is 6.63. The van der Waals surface area contributed by atoms with E-state index in [1.807, 2.05) is 0 Å². The van der Waals surface area contributed by atoms with Gasteiger partial charge < -0.3 is 9.64 Å². The summed E-state index contributed by atoms with van der Waals surface area (Å²) in [6, 6.07) is 2.37. The lowest BCUT2D eigenvalue weighted by atomic mass is 10.0. The Bertz CT molecular complexity index is 855. The maximum absolute atomic E-state index is 13.5. The summed E-state index contributed by atoms with van der Waals surface area (Å²) < 4.78 is 32.7. The van der Waals surface area contributed by atoms with Gasteiger partial charge in [-0.3, -0.25) is 4.79 Å². The van der Waals surface area contributed by atoms with E-state index in [4.69, 9.17) is 4.74 Å². The normalized spacial score (nSPS) is 22.1. The molecule has 140 valence electrons. The Labute approximate surface area is 154 Å². The number of amides is 2. The molecule has 0 bridgehead atoms. The molecular formula is C19H17F2N3O3. The molecule has 1 saturated heterocycles. The van der Waals surface area contributed by atoms with Gasteiger partial charge in [-0.05, 0) is 35.9 Å². The van der Waals surface area contributed by atoms with Crippen LogP contribution in [0.1, 0.15) is 24.4 Å². The van der Waals surface area contributed by atoms with Crippen molar-refractivity contribution in [2.45, 2.75) is 25.0 Å². The van der Waals surface area contributed by atoms with Gasteiger partial charge >= 0.3 is 6.03 Å². The summed E-state index contributed by atoms with van der Waals surface area (Å²) in [4.78, 5) is 25.4. The van der Waals surface area contributed by atoms with Crippen LogP contribution in [0.3, 0.4) is 0 Å². The summed E-state index contributed by atoms with van der Waals surface area (Å²) in [5.74, 6) is -0.721. The first-order chi connectivity index (χ1) is 13.0. The number of benzene rings is 1. The molecule has 8 heteroatoms. The molecule has 1 fully saturated rings. The van der Waals surface area contributed by atoms with Crippen molar-refractivity contribution in [3.63, 3.8) is 0 Å². The highest BCUT2D eigenvalue weighted by atomic mass is 19.1. The molecular weight excluding hydrogens is 356 g/mol. The van der Waals surface area contributed by atoms with Crippen molar-refractivity contribution in [2.24, 2.45) is 5.10 Å². The molecule has 0 saturated carbocycles. The van der Waals surface area contributed by atoms with Crippen LogP contribution in [0.15, 0.2) is 47.3 Å². The van der Waals surface area contributed by atoms with Crippen LogP contribution < -0.4 is 0 Å². The van der Waals surface area contributed by atoms with Crippen LogP contribution >= 0.6 is 0 Å². The second kappa shape index (κ2) is 6.94. The van der Waals surface area contributed by atoms with Gasteiger partial charge in [-0.1, -0.05) is 0 Å². The summed E-state index contributed by atoms with van der Waals surface area (Å²) in [7, 11) is 0. The van der Waals surface area contributed by atoms with Crippen LogP contribution in [0.2, 0.25) is 0 Å². The Morgan fingerprint density at radius 3 is 2.56 bits per heavy atom. The number of nitrogens with zero attached hydrogens (tertiary/aromatic N) is 3. The van der Waals surface area contributed by atoms with E-state index >= 15 is 0 Å². The van der Waals surface area contributed by atoms with Crippen LogP contribution in [0.25, 0.3) is 0 Å². The third-order valence-corrected chi connectivity index (χ3v) is 4.65. The standard InChI is InChI=1S/C19H17F2N3O3/c20-13-7-12(8-14(21)9-13)18-5-6-22-24(18)19(26)23-10-17(11-23)27-16-3-1-15(25)2-4-16/h1,3-4,6-9,17-18H,2,5,10-11H2. The van der Waals surface area contributed by atoms with Crippen LogP contribution in [0, 0.1) is 11.6 Å². The van der Waals surface area contributed by atoms with Gasteiger partial charge in [0.2, 0.25) is 0 Å². The zero-order valence-corrected chi connectivity index (χ0v) is 14.3. The molecule has 0 aromatic heterocycles. The molecule has 0 radical (unpaired) electrons. The first kappa shape index (κ1) is 17.4. The van der Waals surface area contributed by atoms with Crippen molar-refractivity contribution in [3.05, 3.63) is 59.4 Å². The Morgan fingerprint density at radius 1 is 1.15 bits per heavy atom. The summed E-state index contributed by atoms with van der Waals surface area (Å²) in [5, 5.41) is 5.33. The summed E-state index contributed by atoms with van der Waals surface area (Å²) in [5.41, 5.74) is 0.369. The van der Waals surface area contributed by atoms with Crippen LogP contribution in [0.4, 0.5) is 13.6 Å². The van der Waals surface area contributed by atoms with Gasteiger partial charge in [0.15, 0.2) is 5.78 Å². The molecule has 1 atom stereocenters. The molecule has 2 amide bonds. The molecule has 2 heterocycles. The van der Waals surface area contributed by atoms with Crippen molar-refractivity contribution >= 4 is 18.0 Å². The van der Waals surface area contributed by atoms with E-state index in [1.165, 1.54) is 23.2 Å². The van der Waals surface area contributed by atoms with E-state index in [2.05, 4.69) is 5.10 Å². The molecule has 2 aliphatic heterocycles. The second-order valence-electron chi connectivity index (χ2n) is 6.63. The first-order valence-electron chi connectivity index (χ1n) is 8.64. The van der Waals surface area contributed by atoms with Crippen molar-refractivity contribution in [1.82, 2.24) is 9.91 Å². The number of urea groups is 1. The number of carbonyl (C=O) groups excluding carboxylic acids is 2. The molecule has 6 nitrogen and oxygen atoms in total. The number of hydrogen-bond acceptors (Lipinski definition) is 4. The van der Waals surface area contributed by atoms with Crippen LogP contribution in [-0.2, 0) is 9.53 Å². The van der Waals surface area contributed by atoms with Gasteiger partial charge in [-0.25, -0.2) is 18.6 Å². The number of hydrazone groups is 1. The zero-order chi connectivity index (χ0) is 19.0. The highest BCUT2D eigenvalue weighted by Crippen LogP contribution is 2.31. The Morgan fingerprint density at radius 2 is 1.89 bits per heavy atom. The fraction of sp³-hybridized carbons (Fsp3) is 0.316. The maximum atomic E-state index is 13.5. The number of ether oxygens (including phenoxy) is 1. The van der Waals surface area contributed by atoms with Gasteiger partial charge in [0, 0.05) is 25.1 Å². The van der Waals surface area contributed by atoms with E-state index in [0.717, 1.165) is 6.07 Å².